The molecule has 0 amide bonds. The molecule has 2 rings (SSSR count). The summed E-state index contributed by atoms with van der Waals surface area (Å²) in [5.41, 5.74) is 1.23. The van der Waals surface area contributed by atoms with Crippen molar-refractivity contribution in [1.29, 1.82) is 5.26 Å². The van der Waals surface area contributed by atoms with E-state index in [1.165, 1.54) is 19.3 Å². The maximum atomic E-state index is 12.2. The van der Waals surface area contributed by atoms with Crippen LogP contribution >= 0.6 is 0 Å². The number of rotatable bonds is 3. The lowest BCUT2D eigenvalue weighted by Gasteiger charge is -2.20. The van der Waals surface area contributed by atoms with Crippen LogP contribution in [0.5, 0.6) is 0 Å². The first-order valence-corrected chi connectivity index (χ1v) is 7.40. The zero-order valence-electron chi connectivity index (χ0n) is 9.76. The third-order valence-corrected chi connectivity index (χ3v) is 5.03. The van der Waals surface area contributed by atoms with Crippen LogP contribution in [0.4, 0.5) is 0 Å². The molecule has 4 heteroatoms. The van der Waals surface area contributed by atoms with Crippen LogP contribution in [0, 0.1) is 11.3 Å². The van der Waals surface area contributed by atoms with E-state index in [1.807, 2.05) is 6.07 Å². The van der Waals surface area contributed by atoms with Crippen molar-refractivity contribution in [3.63, 3.8) is 0 Å². The molecule has 0 bridgehead atoms. The summed E-state index contributed by atoms with van der Waals surface area (Å²) in [7, 11) is -0.860. The van der Waals surface area contributed by atoms with Crippen molar-refractivity contribution in [2.45, 2.75) is 43.1 Å². The van der Waals surface area contributed by atoms with Gasteiger partial charge in [0.25, 0.3) is 0 Å². The second-order valence-corrected chi connectivity index (χ2v) is 6.12. The predicted molar refractivity (Wildman–Crippen MR) is 67.7 cm³/mol. The number of nitriles is 1. The standard InChI is InChI=1S/C13H16N2OS/c14-9-13-11(5-4-8-15-13)10-17(16)12-6-2-1-3-7-12/h4-5,8,12H,1-3,6-7,10H2. The molecule has 1 aromatic rings. The van der Waals surface area contributed by atoms with Crippen molar-refractivity contribution in [2.75, 3.05) is 0 Å². The normalized spacial score (nSPS) is 18.5. The molecule has 1 aliphatic rings. The van der Waals surface area contributed by atoms with Crippen molar-refractivity contribution in [3.8, 4) is 6.07 Å². The first-order valence-electron chi connectivity index (χ1n) is 6.02. The van der Waals surface area contributed by atoms with Gasteiger partial charge in [-0.15, -0.1) is 0 Å². The molecule has 0 radical (unpaired) electrons. The van der Waals surface area contributed by atoms with E-state index in [4.69, 9.17) is 5.26 Å². The SMILES string of the molecule is N#Cc1ncccc1CS(=O)C1CCCCC1. The lowest BCUT2D eigenvalue weighted by molar-refractivity contribution is 0.504. The monoisotopic (exact) mass is 248 g/mol. The molecule has 1 unspecified atom stereocenters. The Balaban J connectivity index is 2.05. The Hall–Kier alpha value is -1.21. The molecule has 0 N–H and O–H groups in total. The highest BCUT2D eigenvalue weighted by Gasteiger charge is 2.20. The summed E-state index contributed by atoms with van der Waals surface area (Å²) in [6.07, 6.45) is 7.38. The topological polar surface area (TPSA) is 53.8 Å². The van der Waals surface area contributed by atoms with Crippen LogP contribution in [0.15, 0.2) is 18.3 Å². The van der Waals surface area contributed by atoms with E-state index in [-0.39, 0.29) is 0 Å². The molecule has 1 saturated carbocycles. The number of hydrogen-bond donors (Lipinski definition) is 0. The summed E-state index contributed by atoms with van der Waals surface area (Å²) in [4.78, 5) is 4.00. The molecule has 1 aliphatic carbocycles. The molecular formula is C13H16N2OS. The molecule has 0 spiro atoms. The number of aromatic nitrogens is 1. The predicted octanol–water partition coefficient (Wildman–Crippen LogP) is 2.53. The maximum Gasteiger partial charge on any atom is 0.144 e. The molecule has 1 aromatic heterocycles. The summed E-state index contributed by atoms with van der Waals surface area (Å²) in [5, 5.41) is 9.25. The summed E-state index contributed by atoms with van der Waals surface area (Å²) in [6, 6.07) is 5.71. The lowest BCUT2D eigenvalue weighted by atomic mass is 10.0. The molecule has 17 heavy (non-hydrogen) atoms. The second-order valence-electron chi connectivity index (χ2n) is 4.41. The van der Waals surface area contributed by atoms with Gasteiger partial charge in [0.05, 0.1) is 5.75 Å². The fourth-order valence-electron chi connectivity index (χ4n) is 2.25. The van der Waals surface area contributed by atoms with Crippen molar-refractivity contribution >= 4 is 10.8 Å². The Morgan fingerprint density at radius 3 is 2.88 bits per heavy atom. The van der Waals surface area contributed by atoms with Crippen LogP contribution in [-0.2, 0) is 16.6 Å². The van der Waals surface area contributed by atoms with Crippen molar-refractivity contribution in [3.05, 3.63) is 29.6 Å². The molecule has 1 fully saturated rings. The van der Waals surface area contributed by atoms with Crippen LogP contribution in [0.2, 0.25) is 0 Å². The van der Waals surface area contributed by atoms with Gasteiger partial charge in [0.1, 0.15) is 11.8 Å². The molecular weight excluding hydrogens is 232 g/mol. The van der Waals surface area contributed by atoms with E-state index in [0.717, 1.165) is 18.4 Å². The Kier molecular flexibility index (Phi) is 4.27. The number of hydrogen-bond acceptors (Lipinski definition) is 3. The fraction of sp³-hybridized carbons (Fsp3) is 0.538. The van der Waals surface area contributed by atoms with Crippen molar-refractivity contribution in [2.24, 2.45) is 0 Å². The lowest BCUT2D eigenvalue weighted by Crippen LogP contribution is -2.20. The first-order chi connectivity index (χ1) is 8.31. The zero-order chi connectivity index (χ0) is 12.1. The average Bonchev–Trinajstić information content (AvgIpc) is 2.40. The fourth-order valence-corrected chi connectivity index (χ4v) is 3.89. The second kappa shape index (κ2) is 5.92. The van der Waals surface area contributed by atoms with Gasteiger partial charge in [0.2, 0.25) is 0 Å². The smallest absolute Gasteiger partial charge is 0.144 e. The van der Waals surface area contributed by atoms with Gasteiger partial charge in [0, 0.05) is 27.8 Å². The quantitative estimate of drug-likeness (QED) is 0.826. The van der Waals surface area contributed by atoms with E-state index < -0.39 is 10.8 Å². The largest absolute Gasteiger partial charge is 0.259 e. The minimum absolute atomic E-state index is 0.315. The van der Waals surface area contributed by atoms with E-state index in [2.05, 4.69) is 11.1 Å². The Morgan fingerprint density at radius 1 is 1.41 bits per heavy atom. The van der Waals surface area contributed by atoms with Crippen LogP contribution < -0.4 is 0 Å². The van der Waals surface area contributed by atoms with Crippen LogP contribution in [-0.4, -0.2) is 14.4 Å². The van der Waals surface area contributed by atoms with Gasteiger partial charge in [0.15, 0.2) is 0 Å². The van der Waals surface area contributed by atoms with E-state index in [9.17, 15) is 4.21 Å². The minimum atomic E-state index is -0.860. The number of pyridine rings is 1. The van der Waals surface area contributed by atoms with Gasteiger partial charge >= 0.3 is 0 Å². The minimum Gasteiger partial charge on any atom is -0.259 e. The average molecular weight is 248 g/mol. The first kappa shape index (κ1) is 12.3. The van der Waals surface area contributed by atoms with Crippen LogP contribution in [0.3, 0.4) is 0 Å². The summed E-state index contributed by atoms with van der Waals surface area (Å²) < 4.78 is 12.2. The molecule has 0 saturated heterocycles. The van der Waals surface area contributed by atoms with Gasteiger partial charge in [-0.05, 0) is 18.9 Å². The maximum absolute atomic E-state index is 12.2. The molecule has 90 valence electrons. The molecule has 0 aliphatic heterocycles. The third kappa shape index (κ3) is 3.13. The van der Waals surface area contributed by atoms with E-state index >= 15 is 0 Å². The third-order valence-electron chi connectivity index (χ3n) is 3.22. The number of nitrogens with zero attached hydrogens (tertiary/aromatic N) is 2. The van der Waals surface area contributed by atoms with Crippen molar-refractivity contribution < 1.29 is 4.21 Å². The summed E-state index contributed by atoms with van der Waals surface area (Å²) in [5.74, 6) is 0.474. The van der Waals surface area contributed by atoms with Gasteiger partial charge in [-0.25, -0.2) is 4.98 Å². The molecule has 0 aromatic carbocycles. The summed E-state index contributed by atoms with van der Waals surface area (Å²) in [6.45, 7) is 0. The van der Waals surface area contributed by atoms with Crippen LogP contribution in [0.25, 0.3) is 0 Å². The molecule has 1 heterocycles. The highest BCUT2D eigenvalue weighted by Crippen LogP contribution is 2.24. The Labute approximate surface area is 104 Å². The van der Waals surface area contributed by atoms with Gasteiger partial charge in [-0.2, -0.15) is 5.26 Å². The molecule has 3 nitrogen and oxygen atoms in total. The Morgan fingerprint density at radius 2 is 2.18 bits per heavy atom. The van der Waals surface area contributed by atoms with E-state index in [1.54, 1.807) is 12.3 Å². The Bertz CT molecular complexity index is 447. The highest BCUT2D eigenvalue weighted by molar-refractivity contribution is 7.84. The summed E-state index contributed by atoms with van der Waals surface area (Å²) >= 11 is 0. The van der Waals surface area contributed by atoms with Crippen LogP contribution in [0.1, 0.15) is 43.4 Å². The van der Waals surface area contributed by atoms with Gasteiger partial charge in [-0.1, -0.05) is 25.3 Å². The van der Waals surface area contributed by atoms with Crippen molar-refractivity contribution in [1.82, 2.24) is 4.98 Å². The van der Waals surface area contributed by atoms with Gasteiger partial charge in [-0.3, -0.25) is 4.21 Å². The zero-order valence-corrected chi connectivity index (χ0v) is 10.6. The molecule has 1 atom stereocenters. The highest BCUT2D eigenvalue weighted by atomic mass is 32.2. The van der Waals surface area contributed by atoms with Gasteiger partial charge < -0.3 is 0 Å². The van der Waals surface area contributed by atoms with E-state index in [0.29, 0.717) is 16.7 Å².